The first-order valence-corrected chi connectivity index (χ1v) is 6.26. The summed E-state index contributed by atoms with van der Waals surface area (Å²) in [5.74, 6) is 0.471. The molecule has 0 aliphatic heterocycles. The van der Waals surface area contributed by atoms with Gasteiger partial charge in [-0.15, -0.1) is 0 Å². The highest BCUT2D eigenvalue weighted by Gasteiger charge is 2.40. The zero-order chi connectivity index (χ0) is 11.6. The Morgan fingerprint density at radius 2 is 2.07 bits per heavy atom. The first kappa shape index (κ1) is 13.0. The van der Waals surface area contributed by atoms with E-state index in [1.54, 1.807) is 0 Å². The van der Waals surface area contributed by atoms with E-state index in [1.807, 2.05) is 0 Å². The fraction of sp³-hybridized carbons (Fsp3) is 1.00. The predicted molar refractivity (Wildman–Crippen MR) is 64.9 cm³/mol. The molecule has 0 aromatic carbocycles. The highest BCUT2D eigenvalue weighted by Crippen LogP contribution is 2.41. The molecule has 0 amide bonds. The minimum Gasteiger partial charge on any atom is -0.392 e. The maximum absolute atomic E-state index is 10.2. The lowest BCUT2D eigenvalue weighted by atomic mass is 9.87. The van der Waals surface area contributed by atoms with Crippen molar-refractivity contribution in [2.75, 3.05) is 13.6 Å². The fourth-order valence-electron chi connectivity index (χ4n) is 2.55. The molecule has 2 nitrogen and oxygen atoms in total. The molecule has 0 saturated heterocycles. The van der Waals surface area contributed by atoms with Crippen molar-refractivity contribution in [2.24, 2.45) is 11.3 Å². The van der Waals surface area contributed by atoms with Crippen LogP contribution in [0.4, 0.5) is 0 Å². The predicted octanol–water partition coefficient (Wildman–Crippen LogP) is 2.51. The molecule has 90 valence electrons. The van der Waals surface area contributed by atoms with Gasteiger partial charge in [0.05, 0.1) is 6.10 Å². The van der Waals surface area contributed by atoms with Crippen LogP contribution in [-0.2, 0) is 0 Å². The zero-order valence-electron chi connectivity index (χ0n) is 11.0. The van der Waals surface area contributed by atoms with E-state index in [2.05, 4.69) is 39.6 Å². The molecule has 0 aromatic rings. The molecule has 1 aliphatic rings. The van der Waals surface area contributed by atoms with Crippen molar-refractivity contribution in [3.63, 3.8) is 0 Å². The standard InChI is InChI=1S/C13H27NO/c1-6-10(2)14(5)9-11-7-8-13(3,4)12(11)15/h10-12,15H,6-9H2,1-5H3. The molecule has 3 atom stereocenters. The van der Waals surface area contributed by atoms with Crippen LogP contribution in [0.1, 0.15) is 47.0 Å². The minimum absolute atomic E-state index is 0.121. The van der Waals surface area contributed by atoms with Crippen LogP contribution < -0.4 is 0 Å². The van der Waals surface area contributed by atoms with Crippen molar-refractivity contribution in [2.45, 2.75) is 59.1 Å². The van der Waals surface area contributed by atoms with E-state index in [1.165, 1.54) is 12.8 Å². The fourth-order valence-corrected chi connectivity index (χ4v) is 2.55. The van der Waals surface area contributed by atoms with E-state index >= 15 is 0 Å². The molecule has 3 unspecified atom stereocenters. The van der Waals surface area contributed by atoms with Crippen LogP contribution in [0.25, 0.3) is 0 Å². The van der Waals surface area contributed by atoms with Gasteiger partial charge in [-0.05, 0) is 44.6 Å². The molecule has 2 heteroatoms. The average molecular weight is 213 g/mol. The Labute approximate surface area is 94.7 Å². The van der Waals surface area contributed by atoms with Gasteiger partial charge in [-0.2, -0.15) is 0 Å². The van der Waals surface area contributed by atoms with Crippen molar-refractivity contribution in [1.29, 1.82) is 0 Å². The molecule has 0 spiro atoms. The highest BCUT2D eigenvalue weighted by molar-refractivity contribution is 4.92. The Hall–Kier alpha value is -0.0800. The first-order chi connectivity index (χ1) is 6.88. The lowest BCUT2D eigenvalue weighted by molar-refractivity contribution is 0.0314. The lowest BCUT2D eigenvalue weighted by Crippen LogP contribution is -2.38. The summed E-state index contributed by atoms with van der Waals surface area (Å²) in [5.41, 5.74) is 0.126. The van der Waals surface area contributed by atoms with Crippen LogP contribution in [0.15, 0.2) is 0 Å². The quantitative estimate of drug-likeness (QED) is 0.775. The van der Waals surface area contributed by atoms with E-state index < -0.39 is 0 Å². The second kappa shape index (κ2) is 4.84. The van der Waals surface area contributed by atoms with Crippen molar-refractivity contribution in [3.8, 4) is 0 Å². The van der Waals surface area contributed by atoms with Gasteiger partial charge in [0.15, 0.2) is 0 Å². The summed E-state index contributed by atoms with van der Waals surface area (Å²) >= 11 is 0. The van der Waals surface area contributed by atoms with Crippen LogP contribution in [0.2, 0.25) is 0 Å². The molecule has 1 fully saturated rings. The molecular weight excluding hydrogens is 186 g/mol. The van der Waals surface area contributed by atoms with Gasteiger partial charge in [-0.25, -0.2) is 0 Å². The van der Waals surface area contributed by atoms with Crippen molar-refractivity contribution >= 4 is 0 Å². The van der Waals surface area contributed by atoms with E-state index in [0.717, 1.165) is 13.0 Å². The number of hydrogen-bond acceptors (Lipinski definition) is 2. The van der Waals surface area contributed by atoms with Gasteiger partial charge in [0.2, 0.25) is 0 Å². The number of aliphatic hydroxyl groups is 1. The number of rotatable bonds is 4. The molecule has 15 heavy (non-hydrogen) atoms. The maximum Gasteiger partial charge on any atom is 0.0631 e. The smallest absolute Gasteiger partial charge is 0.0631 e. The van der Waals surface area contributed by atoms with Crippen LogP contribution >= 0.6 is 0 Å². The molecule has 0 bridgehead atoms. The summed E-state index contributed by atoms with van der Waals surface area (Å²) in [6.45, 7) is 9.88. The third-order valence-corrected chi connectivity index (χ3v) is 4.27. The Kier molecular flexibility index (Phi) is 4.19. The first-order valence-electron chi connectivity index (χ1n) is 6.26. The summed E-state index contributed by atoms with van der Waals surface area (Å²) in [5, 5.41) is 10.2. The van der Waals surface area contributed by atoms with Crippen LogP contribution in [0, 0.1) is 11.3 Å². The molecule has 1 aliphatic carbocycles. The van der Waals surface area contributed by atoms with E-state index in [9.17, 15) is 5.11 Å². The molecule has 0 heterocycles. The molecule has 1 rings (SSSR count). The number of aliphatic hydroxyl groups excluding tert-OH is 1. The Morgan fingerprint density at radius 1 is 1.47 bits per heavy atom. The largest absolute Gasteiger partial charge is 0.392 e. The molecule has 1 N–H and O–H groups in total. The Balaban J connectivity index is 2.47. The third kappa shape index (κ3) is 2.94. The zero-order valence-corrected chi connectivity index (χ0v) is 11.0. The van der Waals surface area contributed by atoms with Gasteiger partial charge >= 0.3 is 0 Å². The Morgan fingerprint density at radius 3 is 2.47 bits per heavy atom. The van der Waals surface area contributed by atoms with Gasteiger partial charge in [0.1, 0.15) is 0 Å². The second-order valence-electron chi connectivity index (χ2n) is 5.93. The van der Waals surface area contributed by atoms with Gasteiger partial charge in [0, 0.05) is 12.6 Å². The Bertz CT molecular complexity index is 203. The molecule has 0 radical (unpaired) electrons. The van der Waals surface area contributed by atoms with Crippen LogP contribution in [0.3, 0.4) is 0 Å². The maximum atomic E-state index is 10.2. The minimum atomic E-state index is -0.121. The number of hydrogen-bond donors (Lipinski definition) is 1. The highest BCUT2D eigenvalue weighted by atomic mass is 16.3. The van der Waals surface area contributed by atoms with Gasteiger partial charge in [0.25, 0.3) is 0 Å². The van der Waals surface area contributed by atoms with Crippen LogP contribution in [-0.4, -0.2) is 35.7 Å². The van der Waals surface area contributed by atoms with Crippen LogP contribution in [0.5, 0.6) is 0 Å². The SMILES string of the molecule is CCC(C)N(C)CC1CCC(C)(C)C1O. The molecular formula is C13H27NO. The van der Waals surface area contributed by atoms with Crippen molar-refractivity contribution in [3.05, 3.63) is 0 Å². The monoisotopic (exact) mass is 213 g/mol. The summed E-state index contributed by atoms with van der Waals surface area (Å²) in [7, 11) is 2.17. The summed E-state index contributed by atoms with van der Waals surface area (Å²) in [4.78, 5) is 2.38. The average Bonchev–Trinajstić information content (AvgIpc) is 2.44. The van der Waals surface area contributed by atoms with Gasteiger partial charge in [-0.1, -0.05) is 20.8 Å². The van der Waals surface area contributed by atoms with Gasteiger partial charge < -0.3 is 10.0 Å². The van der Waals surface area contributed by atoms with E-state index in [4.69, 9.17) is 0 Å². The second-order valence-corrected chi connectivity index (χ2v) is 5.93. The summed E-state index contributed by atoms with van der Waals surface area (Å²) in [6.07, 6.45) is 3.40. The van der Waals surface area contributed by atoms with Crippen molar-refractivity contribution < 1.29 is 5.11 Å². The summed E-state index contributed by atoms with van der Waals surface area (Å²) < 4.78 is 0. The van der Waals surface area contributed by atoms with Gasteiger partial charge in [-0.3, -0.25) is 0 Å². The van der Waals surface area contributed by atoms with E-state index in [-0.39, 0.29) is 11.5 Å². The van der Waals surface area contributed by atoms with Crippen molar-refractivity contribution in [1.82, 2.24) is 4.90 Å². The normalized spacial score (nSPS) is 32.2. The summed E-state index contributed by atoms with van der Waals surface area (Å²) in [6, 6.07) is 0.626. The lowest BCUT2D eigenvalue weighted by Gasteiger charge is -2.30. The number of nitrogens with zero attached hydrogens (tertiary/aromatic N) is 1. The molecule has 0 aromatic heterocycles. The topological polar surface area (TPSA) is 23.5 Å². The molecule has 1 saturated carbocycles. The van der Waals surface area contributed by atoms with E-state index in [0.29, 0.717) is 12.0 Å². The third-order valence-electron chi connectivity index (χ3n) is 4.27.